The maximum absolute atomic E-state index is 5.24. The molecule has 0 unspecified atom stereocenters. The minimum absolute atomic E-state index is 0. The van der Waals surface area contributed by atoms with Gasteiger partial charge in [0.1, 0.15) is 19.0 Å². The van der Waals surface area contributed by atoms with Gasteiger partial charge in [-0.25, -0.2) is 9.97 Å². The number of thioether (sulfide) groups is 1. The highest BCUT2D eigenvalue weighted by Crippen LogP contribution is 2.27. The van der Waals surface area contributed by atoms with E-state index in [2.05, 4.69) is 21.4 Å². The van der Waals surface area contributed by atoms with E-state index in [0.29, 0.717) is 19.1 Å². The number of fused-ring (bicyclic) bond motifs is 2. The SMILES string of the molecule is [HH].c1cnc2c(c1)OCCO2.c1cnc2c(c1)SCCN2. The molecular weight excluding hydrogens is 274 g/mol. The van der Waals surface area contributed by atoms with Crippen molar-refractivity contribution in [2.75, 3.05) is 30.8 Å². The molecule has 2 aliphatic rings. The summed E-state index contributed by atoms with van der Waals surface area (Å²) in [5, 5.41) is 3.23. The molecule has 0 spiro atoms. The predicted molar refractivity (Wildman–Crippen MR) is 80.8 cm³/mol. The van der Waals surface area contributed by atoms with E-state index >= 15 is 0 Å². The smallest absolute Gasteiger partial charge is 0.257 e. The highest BCUT2D eigenvalue weighted by atomic mass is 32.2. The van der Waals surface area contributed by atoms with Gasteiger partial charge in [-0.3, -0.25) is 0 Å². The van der Waals surface area contributed by atoms with Gasteiger partial charge >= 0.3 is 0 Å². The summed E-state index contributed by atoms with van der Waals surface area (Å²) in [6.45, 7) is 2.26. The summed E-state index contributed by atoms with van der Waals surface area (Å²) in [5.74, 6) is 3.54. The standard InChI is InChI=1S/C7H8N2S.C7H7NO2.H2/c1-2-6-7(8-3-1)9-4-5-10-6;1-2-6-7(8-3-1)10-5-4-9-6;/h1-3H,4-5H2,(H,8,9);1-3H,4-5H2;1H. The lowest BCUT2D eigenvalue weighted by Crippen LogP contribution is -2.15. The molecule has 20 heavy (non-hydrogen) atoms. The van der Waals surface area contributed by atoms with Crippen LogP contribution < -0.4 is 14.8 Å². The Bertz CT molecular complexity index is 484. The van der Waals surface area contributed by atoms with Crippen LogP contribution in [0, 0.1) is 0 Å². The fraction of sp³-hybridized carbons (Fsp3) is 0.286. The normalized spacial score (nSPS) is 15.2. The molecule has 2 aliphatic heterocycles. The fourth-order valence-electron chi connectivity index (χ4n) is 1.85. The average Bonchev–Trinajstić information content (AvgIpc) is 2.56. The quantitative estimate of drug-likeness (QED) is 0.805. The predicted octanol–water partition coefficient (Wildman–Crippen LogP) is 2.70. The molecule has 4 heterocycles. The molecule has 0 fully saturated rings. The lowest BCUT2D eigenvalue weighted by atomic mass is 10.4. The van der Waals surface area contributed by atoms with Crippen molar-refractivity contribution >= 4 is 17.6 Å². The van der Waals surface area contributed by atoms with Crippen LogP contribution in [0.25, 0.3) is 0 Å². The van der Waals surface area contributed by atoms with Crippen molar-refractivity contribution in [3.63, 3.8) is 0 Å². The Labute approximate surface area is 123 Å². The Morgan fingerprint density at radius 3 is 2.85 bits per heavy atom. The van der Waals surface area contributed by atoms with Crippen LogP contribution in [0.3, 0.4) is 0 Å². The van der Waals surface area contributed by atoms with Gasteiger partial charge in [-0.05, 0) is 24.3 Å². The molecule has 0 saturated heterocycles. The molecule has 0 radical (unpaired) electrons. The molecule has 5 nitrogen and oxygen atoms in total. The zero-order valence-electron chi connectivity index (χ0n) is 10.9. The third kappa shape index (κ3) is 3.14. The third-order valence-corrected chi connectivity index (χ3v) is 3.79. The highest BCUT2D eigenvalue weighted by molar-refractivity contribution is 7.99. The number of anilines is 1. The first-order valence-corrected chi connectivity index (χ1v) is 7.44. The first kappa shape index (κ1) is 13.1. The van der Waals surface area contributed by atoms with Crippen molar-refractivity contribution in [3.8, 4) is 11.6 Å². The molecule has 0 aliphatic carbocycles. The first-order chi connectivity index (χ1) is 9.93. The number of ether oxygens (including phenoxy) is 2. The maximum Gasteiger partial charge on any atom is 0.257 e. The summed E-state index contributed by atoms with van der Waals surface area (Å²) in [4.78, 5) is 9.43. The topological polar surface area (TPSA) is 56.3 Å². The average molecular weight is 291 g/mol. The van der Waals surface area contributed by atoms with Crippen LogP contribution in [-0.4, -0.2) is 35.5 Å². The van der Waals surface area contributed by atoms with Crippen LogP contribution in [0.4, 0.5) is 5.82 Å². The third-order valence-electron chi connectivity index (χ3n) is 2.74. The van der Waals surface area contributed by atoms with Gasteiger partial charge in [-0.15, -0.1) is 11.8 Å². The Morgan fingerprint density at radius 1 is 1.10 bits per heavy atom. The minimum Gasteiger partial charge on any atom is -0.484 e. The molecule has 6 heteroatoms. The molecule has 106 valence electrons. The summed E-state index contributed by atoms with van der Waals surface area (Å²) in [6.07, 6.45) is 3.51. The number of aromatic nitrogens is 2. The van der Waals surface area contributed by atoms with Gasteiger partial charge in [-0.1, -0.05) is 0 Å². The Balaban J connectivity index is 0.000000147. The van der Waals surface area contributed by atoms with Crippen LogP contribution >= 0.6 is 11.8 Å². The Hall–Kier alpha value is -1.95. The Kier molecular flexibility index (Phi) is 4.22. The largest absolute Gasteiger partial charge is 0.484 e. The number of nitrogens with zero attached hydrogens (tertiary/aromatic N) is 2. The lowest BCUT2D eigenvalue weighted by Gasteiger charge is -2.15. The summed E-state index contributed by atoms with van der Waals surface area (Å²) >= 11 is 1.86. The van der Waals surface area contributed by atoms with Crippen LogP contribution in [0.5, 0.6) is 11.6 Å². The van der Waals surface area contributed by atoms with Gasteiger partial charge in [0.15, 0.2) is 5.75 Å². The molecule has 0 aromatic carbocycles. The number of hydrogen-bond donors (Lipinski definition) is 1. The second-order valence-electron chi connectivity index (χ2n) is 4.13. The van der Waals surface area contributed by atoms with Crippen molar-refractivity contribution in [3.05, 3.63) is 36.7 Å². The van der Waals surface area contributed by atoms with Crippen molar-refractivity contribution in [2.24, 2.45) is 0 Å². The van der Waals surface area contributed by atoms with Crippen molar-refractivity contribution in [2.45, 2.75) is 4.90 Å². The number of pyridine rings is 2. The molecule has 0 bridgehead atoms. The second kappa shape index (κ2) is 6.47. The van der Waals surface area contributed by atoms with Crippen LogP contribution in [0.1, 0.15) is 1.43 Å². The van der Waals surface area contributed by atoms with Crippen LogP contribution in [-0.2, 0) is 0 Å². The maximum atomic E-state index is 5.24. The summed E-state index contributed by atoms with van der Waals surface area (Å²) in [7, 11) is 0. The zero-order valence-corrected chi connectivity index (χ0v) is 11.7. The molecule has 0 amide bonds. The molecule has 4 rings (SSSR count). The molecule has 0 atom stereocenters. The summed E-state index contributed by atoms with van der Waals surface area (Å²) in [6, 6.07) is 7.74. The van der Waals surface area contributed by atoms with Gasteiger partial charge in [-0.2, -0.15) is 0 Å². The van der Waals surface area contributed by atoms with E-state index in [-0.39, 0.29) is 1.43 Å². The molecule has 1 N–H and O–H groups in total. The van der Waals surface area contributed by atoms with Crippen LogP contribution in [0.2, 0.25) is 0 Å². The van der Waals surface area contributed by atoms with Gasteiger partial charge < -0.3 is 14.8 Å². The minimum atomic E-state index is 0. The van der Waals surface area contributed by atoms with E-state index in [9.17, 15) is 0 Å². The summed E-state index contributed by atoms with van der Waals surface area (Å²) in [5.41, 5.74) is 0. The molecular formula is C14H17N3O2S. The van der Waals surface area contributed by atoms with E-state index < -0.39 is 0 Å². The number of hydrogen-bond acceptors (Lipinski definition) is 6. The second-order valence-corrected chi connectivity index (χ2v) is 5.27. The lowest BCUT2D eigenvalue weighted by molar-refractivity contribution is 0.164. The Morgan fingerprint density at radius 2 is 1.95 bits per heavy atom. The van der Waals surface area contributed by atoms with E-state index in [1.165, 1.54) is 4.90 Å². The summed E-state index contributed by atoms with van der Waals surface area (Å²) < 4.78 is 10.4. The van der Waals surface area contributed by atoms with E-state index in [0.717, 1.165) is 23.9 Å². The monoisotopic (exact) mass is 291 g/mol. The van der Waals surface area contributed by atoms with E-state index in [4.69, 9.17) is 9.47 Å². The number of nitrogens with one attached hydrogen (secondary N) is 1. The van der Waals surface area contributed by atoms with Gasteiger partial charge in [0, 0.05) is 31.0 Å². The van der Waals surface area contributed by atoms with Gasteiger partial charge in [0.2, 0.25) is 0 Å². The van der Waals surface area contributed by atoms with E-state index in [1.54, 1.807) is 6.20 Å². The zero-order chi connectivity index (χ0) is 13.6. The number of rotatable bonds is 0. The van der Waals surface area contributed by atoms with Gasteiger partial charge in [0.25, 0.3) is 5.88 Å². The fourth-order valence-corrected chi connectivity index (χ4v) is 2.71. The van der Waals surface area contributed by atoms with Crippen molar-refractivity contribution < 1.29 is 10.9 Å². The molecule has 2 aromatic rings. The van der Waals surface area contributed by atoms with Crippen molar-refractivity contribution in [1.29, 1.82) is 0 Å². The first-order valence-electron chi connectivity index (χ1n) is 6.46. The van der Waals surface area contributed by atoms with Crippen molar-refractivity contribution in [1.82, 2.24) is 9.97 Å². The highest BCUT2D eigenvalue weighted by Gasteiger charge is 2.10. The molecule has 0 saturated carbocycles. The molecule has 2 aromatic heterocycles. The van der Waals surface area contributed by atoms with Gasteiger partial charge in [0.05, 0.1) is 0 Å². The van der Waals surface area contributed by atoms with E-state index in [1.807, 2.05) is 36.2 Å². The van der Waals surface area contributed by atoms with Crippen LogP contribution in [0.15, 0.2) is 41.6 Å².